The molecule has 0 radical (unpaired) electrons. The van der Waals surface area contributed by atoms with Crippen LogP contribution in [-0.2, 0) is 4.79 Å². The van der Waals surface area contributed by atoms with Gasteiger partial charge in [0.05, 0.1) is 6.54 Å². The highest BCUT2D eigenvalue weighted by Gasteiger charge is 2.17. The second kappa shape index (κ2) is 8.53. The summed E-state index contributed by atoms with van der Waals surface area (Å²) in [5, 5.41) is 2.85. The zero-order chi connectivity index (χ0) is 14.9. The van der Waals surface area contributed by atoms with Gasteiger partial charge in [0.25, 0.3) is 0 Å². The Bertz CT molecular complexity index is 572. The van der Waals surface area contributed by atoms with E-state index < -0.39 is 0 Å². The summed E-state index contributed by atoms with van der Waals surface area (Å²) in [6, 6.07) is 7.62. The summed E-state index contributed by atoms with van der Waals surface area (Å²) in [7, 11) is 0. The summed E-state index contributed by atoms with van der Waals surface area (Å²) in [5.41, 5.74) is 0. The lowest BCUT2D eigenvalue weighted by Gasteiger charge is -2.16. The molecule has 1 aromatic carbocycles. The molecule has 1 aliphatic carbocycles. The first-order valence-electron chi connectivity index (χ1n) is 7.02. The van der Waals surface area contributed by atoms with Crippen LogP contribution in [0, 0.1) is 17.8 Å². The highest BCUT2D eigenvalue weighted by Crippen LogP contribution is 2.18. The average Bonchev–Trinajstić information content (AvgIpc) is 2.51. The molecule has 0 saturated carbocycles. The van der Waals surface area contributed by atoms with Gasteiger partial charge in [0.2, 0.25) is 5.91 Å². The van der Waals surface area contributed by atoms with Gasteiger partial charge in [-0.25, -0.2) is 0 Å². The Balaban J connectivity index is 1.65. The standard InChI is InChI=1S/C17H18BrNO2/c18-15-9-6-10-16(13-15)21-12-5-4-11-19-17(20)14-7-2-1-3-8-14/h1-2,6,9-10,13-14H,3,7-8,11-12H2,(H,19,20). The number of benzene rings is 1. The third-order valence-electron chi connectivity index (χ3n) is 3.22. The lowest BCUT2D eigenvalue weighted by molar-refractivity contribution is -0.124. The highest BCUT2D eigenvalue weighted by molar-refractivity contribution is 9.10. The molecule has 0 bridgehead atoms. The summed E-state index contributed by atoms with van der Waals surface area (Å²) >= 11 is 3.38. The van der Waals surface area contributed by atoms with Gasteiger partial charge >= 0.3 is 0 Å². The van der Waals surface area contributed by atoms with Crippen molar-refractivity contribution >= 4 is 21.8 Å². The molecule has 1 atom stereocenters. The van der Waals surface area contributed by atoms with Crippen molar-refractivity contribution in [2.24, 2.45) is 5.92 Å². The first-order chi connectivity index (χ1) is 10.3. The number of hydrogen-bond acceptors (Lipinski definition) is 2. The third-order valence-corrected chi connectivity index (χ3v) is 3.72. The lowest BCUT2D eigenvalue weighted by atomic mass is 9.94. The summed E-state index contributed by atoms with van der Waals surface area (Å²) in [4.78, 5) is 11.8. The summed E-state index contributed by atoms with van der Waals surface area (Å²) in [6.45, 7) is 0.694. The summed E-state index contributed by atoms with van der Waals surface area (Å²) in [6.07, 6.45) is 6.96. The first-order valence-corrected chi connectivity index (χ1v) is 7.82. The molecule has 1 aromatic rings. The minimum atomic E-state index is 0.0987. The van der Waals surface area contributed by atoms with Crippen LogP contribution in [0.1, 0.15) is 19.3 Å². The van der Waals surface area contributed by atoms with Gasteiger partial charge in [-0.3, -0.25) is 4.79 Å². The van der Waals surface area contributed by atoms with Crippen molar-refractivity contribution in [1.29, 1.82) is 0 Å². The van der Waals surface area contributed by atoms with Crippen molar-refractivity contribution in [3.63, 3.8) is 0 Å². The number of allylic oxidation sites excluding steroid dienone is 2. The van der Waals surface area contributed by atoms with Crippen molar-refractivity contribution in [3.05, 3.63) is 40.9 Å². The van der Waals surface area contributed by atoms with Crippen molar-refractivity contribution < 1.29 is 9.53 Å². The van der Waals surface area contributed by atoms with E-state index in [1.165, 1.54) is 0 Å². The van der Waals surface area contributed by atoms with Crippen molar-refractivity contribution in [2.45, 2.75) is 19.3 Å². The van der Waals surface area contributed by atoms with Crippen LogP contribution in [0.2, 0.25) is 0 Å². The average molecular weight is 348 g/mol. The Morgan fingerprint density at radius 1 is 1.38 bits per heavy atom. The largest absolute Gasteiger partial charge is 0.481 e. The molecule has 3 nitrogen and oxygen atoms in total. The normalized spacial score (nSPS) is 16.7. The Kier molecular flexibility index (Phi) is 6.36. The number of halogens is 1. The number of hydrogen-bond donors (Lipinski definition) is 1. The smallest absolute Gasteiger partial charge is 0.224 e. The molecular formula is C17H18BrNO2. The van der Waals surface area contributed by atoms with E-state index in [0.717, 1.165) is 29.5 Å². The van der Waals surface area contributed by atoms with Crippen LogP contribution in [-0.4, -0.2) is 19.1 Å². The van der Waals surface area contributed by atoms with Gasteiger partial charge in [0, 0.05) is 10.4 Å². The molecule has 0 heterocycles. The van der Waals surface area contributed by atoms with Gasteiger partial charge in [-0.1, -0.05) is 46.0 Å². The van der Waals surface area contributed by atoms with Crippen LogP contribution in [0.15, 0.2) is 40.9 Å². The second-order valence-electron chi connectivity index (χ2n) is 4.80. The number of rotatable bonds is 4. The van der Waals surface area contributed by atoms with E-state index in [4.69, 9.17) is 4.74 Å². The fourth-order valence-corrected chi connectivity index (χ4v) is 2.48. The monoisotopic (exact) mass is 347 g/mol. The van der Waals surface area contributed by atoms with Crippen molar-refractivity contribution in [2.75, 3.05) is 13.2 Å². The van der Waals surface area contributed by atoms with Gasteiger partial charge in [-0.05, 0) is 37.5 Å². The van der Waals surface area contributed by atoms with Crippen molar-refractivity contribution in [3.8, 4) is 17.6 Å². The number of carbonyl (C=O) groups is 1. The van der Waals surface area contributed by atoms with Crippen LogP contribution in [0.25, 0.3) is 0 Å². The lowest BCUT2D eigenvalue weighted by Crippen LogP contribution is -2.31. The molecule has 1 aliphatic rings. The van der Waals surface area contributed by atoms with Crippen LogP contribution < -0.4 is 10.1 Å². The molecule has 110 valence electrons. The van der Waals surface area contributed by atoms with Crippen LogP contribution in [0.5, 0.6) is 5.75 Å². The predicted molar refractivity (Wildman–Crippen MR) is 86.9 cm³/mol. The molecule has 0 saturated heterocycles. The van der Waals surface area contributed by atoms with Gasteiger partial charge in [0.15, 0.2) is 0 Å². The predicted octanol–water partition coefficient (Wildman–Crippen LogP) is 3.30. The zero-order valence-corrected chi connectivity index (χ0v) is 13.4. The minimum absolute atomic E-state index is 0.0987. The summed E-state index contributed by atoms with van der Waals surface area (Å²) in [5.74, 6) is 6.78. The van der Waals surface area contributed by atoms with Gasteiger partial charge in [0.1, 0.15) is 12.4 Å². The molecule has 4 heteroatoms. The maximum atomic E-state index is 11.8. The second-order valence-corrected chi connectivity index (χ2v) is 5.71. The molecular weight excluding hydrogens is 330 g/mol. The Hall–Kier alpha value is -1.73. The molecule has 2 rings (SSSR count). The van der Waals surface area contributed by atoms with E-state index in [-0.39, 0.29) is 11.8 Å². The van der Waals surface area contributed by atoms with Gasteiger partial charge in [-0.2, -0.15) is 0 Å². The molecule has 1 amide bonds. The maximum Gasteiger partial charge on any atom is 0.224 e. The minimum Gasteiger partial charge on any atom is -0.481 e. The first kappa shape index (κ1) is 15.7. The van der Waals surface area contributed by atoms with Gasteiger partial charge in [-0.15, -0.1) is 0 Å². The molecule has 0 spiro atoms. The molecule has 0 aliphatic heterocycles. The molecule has 21 heavy (non-hydrogen) atoms. The maximum absolute atomic E-state index is 11.8. The van der Waals surface area contributed by atoms with E-state index in [1.54, 1.807) is 0 Å². The van der Waals surface area contributed by atoms with E-state index >= 15 is 0 Å². The zero-order valence-electron chi connectivity index (χ0n) is 11.8. The molecule has 1 unspecified atom stereocenters. The topological polar surface area (TPSA) is 38.3 Å². The third kappa shape index (κ3) is 5.65. The van der Waals surface area contributed by atoms with Crippen LogP contribution in [0.4, 0.5) is 0 Å². The number of carbonyl (C=O) groups excluding carboxylic acids is 1. The fraction of sp³-hybridized carbons (Fsp3) is 0.353. The van der Waals surface area contributed by atoms with Crippen LogP contribution in [0.3, 0.4) is 0 Å². The molecule has 0 aromatic heterocycles. The van der Waals surface area contributed by atoms with E-state index in [0.29, 0.717) is 13.2 Å². The Morgan fingerprint density at radius 3 is 3.05 bits per heavy atom. The van der Waals surface area contributed by atoms with Crippen LogP contribution >= 0.6 is 15.9 Å². The van der Waals surface area contributed by atoms with Crippen molar-refractivity contribution in [1.82, 2.24) is 5.32 Å². The quantitative estimate of drug-likeness (QED) is 0.670. The van der Waals surface area contributed by atoms with E-state index in [9.17, 15) is 4.79 Å². The van der Waals surface area contributed by atoms with E-state index in [2.05, 4.69) is 45.2 Å². The molecule has 1 N–H and O–H groups in total. The number of nitrogens with one attached hydrogen (secondary N) is 1. The highest BCUT2D eigenvalue weighted by atomic mass is 79.9. The van der Waals surface area contributed by atoms with E-state index in [1.807, 2.05) is 24.3 Å². The SMILES string of the molecule is O=C(NCC#CCOc1cccc(Br)c1)C1CC=CCC1. The summed E-state index contributed by atoms with van der Waals surface area (Å²) < 4.78 is 6.46. The number of ether oxygens (including phenoxy) is 1. The Labute approximate surface area is 133 Å². The fourth-order valence-electron chi connectivity index (χ4n) is 2.10. The Morgan fingerprint density at radius 2 is 2.29 bits per heavy atom. The van der Waals surface area contributed by atoms with Gasteiger partial charge < -0.3 is 10.1 Å². The number of amides is 1. The molecule has 0 fully saturated rings.